The van der Waals surface area contributed by atoms with Gasteiger partial charge < -0.3 is 14.4 Å². The van der Waals surface area contributed by atoms with E-state index in [2.05, 4.69) is 5.32 Å². The Hall–Kier alpha value is -2.24. The number of amides is 2. The lowest BCUT2D eigenvalue weighted by molar-refractivity contribution is -0.132. The number of hydrogen-bond donors (Lipinski definition) is 1. The number of methoxy groups -OCH3 is 1. The third-order valence-corrected chi connectivity index (χ3v) is 3.85. The van der Waals surface area contributed by atoms with Crippen molar-refractivity contribution in [2.45, 2.75) is 25.0 Å². The molecule has 1 unspecified atom stereocenters. The van der Waals surface area contributed by atoms with Crippen LogP contribution in [-0.4, -0.2) is 36.3 Å². The van der Waals surface area contributed by atoms with Gasteiger partial charge in [0.25, 0.3) is 0 Å². The maximum atomic E-state index is 12.1. The number of alkyl carbamates (subject to hydrolysis) is 1. The van der Waals surface area contributed by atoms with Gasteiger partial charge in [0, 0.05) is 19.4 Å². The Bertz CT molecular complexity index is 539. The predicted octanol–water partition coefficient (Wildman–Crippen LogP) is 1.25. The topological polar surface area (TPSA) is 67.9 Å². The van der Waals surface area contributed by atoms with Crippen LogP contribution in [-0.2, 0) is 16.1 Å². The van der Waals surface area contributed by atoms with Gasteiger partial charge in [0.15, 0.2) is 5.66 Å². The summed E-state index contributed by atoms with van der Waals surface area (Å²) in [4.78, 5) is 25.1. The quantitative estimate of drug-likeness (QED) is 0.902. The first-order chi connectivity index (χ1) is 9.63. The molecule has 0 aromatic heterocycles. The van der Waals surface area contributed by atoms with Crippen molar-refractivity contribution < 1.29 is 19.1 Å². The number of nitrogens with zero attached hydrogens (tertiary/aromatic N) is 1. The standard InChI is InChI=1S/C14H16N2O4/c1-19-11-4-2-10(3-5-11)8-16-12(17)6-7-14(16)9-20-13(18)15-14/h2-5H,6-9H2,1H3,(H,15,18). The van der Waals surface area contributed by atoms with E-state index < -0.39 is 11.8 Å². The molecule has 0 bridgehead atoms. The fourth-order valence-electron chi connectivity index (χ4n) is 2.70. The van der Waals surface area contributed by atoms with E-state index >= 15 is 0 Å². The van der Waals surface area contributed by atoms with Gasteiger partial charge in [-0.05, 0) is 17.7 Å². The summed E-state index contributed by atoms with van der Waals surface area (Å²) in [5.41, 5.74) is 0.315. The average Bonchev–Trinajstić information content (AvgIpc) is 2.98. The lowest BCUT2D eigenvalue weighted by Crippen LogP contribution is -2.54. The zero-order chi connectivity index (χ0) is 14.2. The molecular formula is C14H16N2O4. The lowest BCUT2D eigenvalue weighted by atomic mass is 10.1. The zero-order valence-electron chi connectivity index (χ0n) is 11.2. The monoisotopic (exact) mass is 276 g/mol. The summed E-state index contributed by atoms with van der Waals surface area (Å²) in [6.45, 7) is 0.667. The third-order valence-electron chi connectivity index (χ3n) is 3.85. The summed E-state index contributed by atoms with van der Waals surface area (Å²) < 4.78 is 10.1. The van der Waals surface area contributed by atoms with Gasteiger partial charge in [-0.15, -0.1) is 0 Å². The van der Waals surface area contributed by atoms with Crippen LogP contribution in [0.4, 0.5) is 4.79 Å². The number of benzene rings is 1. The van der Waals surface area contributed by atoms with E-state index in [1.165, 1.54) is 0 Å². The summed E-state index contributed by atoms with van der Waals surface area (Å²) in [6, 6.07) is 7.53. The van der Waals surface area contributed by atoms with Crippen molar-refractivity contribution in [1.29, 1.82) is 0 Å². The largest absolute Gasteiger partial charge is 0.497 e. The van der Waals surface area contributed by atoms with Crippen LogP contribution in [0.2, 0.25) is 0 Å². The van der Waals surface area contributed by atoms with Crippen LogP contribution < -0.4 is 10.1 Å². The van der Waals surface area contributed by atoms with Crippen LogP contribution in [0.15, 0.2) is 24.3 Å². The molecule has 0 aliphatic carbocycles. The number of nitrogens with one attached hydrogen (secondary N) is 1. The second kappa shape index (κ2) is 4.70. The van der Waals surface area contributed by atoms with Crippen LogP contribution in [0.25, 0.3) is 0 Å². The Morgan fingerprint density at radius 2 is 2.10 bits per heavy atom. The van der Waals surface area contributed by atoms with Crippen LogP contribution in [0.1, 0.15) is 18.4 Å². The Labute approximate surface area is 116 Å². The molecule has 0 radical (unpaired) electrons. The molecule has 1 atom stereocenters. The molecule has 20 heavy (non-hydrogen) atoms. The maximum absolute atomic E-state index is 12.1. The zero-order valence-corrected chi connectivity index (χ0v) is 11.2. The van der Waals surface area contributed by atoms with Crippen LogP contribution in [0.3, 0.4) is 0 Å². The molecule has 2 amide bonds. The van der Waals surface area contributed by atoms with Gasteiger partial charge in [-0.1, -0.05) is 12.1 Å². The minimum atomic E-state index is -0.673. The second-order valence-electron chi connectivity index (χ2n) is 5.06. The van der Waals surface area contributed by atoms with E-state index in [1.54, 1.807) is 12.0 Å². The lowest BCUT2D eigenvalue weighted by Gasteiger charge is -2.32. The molecule has 1 aromatic rings. The highest BCUT2D eigenvalue weighted by atomic mass is 16.6. The summed E-state index contributed by atoms with van der Waals surface area (Å²) >= 11 is 0. The van der Waals surface area contributed by atoms with E-state index in [0.717, 1.165) is 11.3 Å². The first-order valence-corrected chi connectivity index (χ1v) is 6.51. The minimum Gasteiger partial charge on any atom is -0.497 e. The number of likely N-dealkylation sites (tertiary alicyclic amines) is 1. The van der Waals surface area contributed by atoms with E-state index in [0.29, 0.717) is 19.4 Å². The van der Waals surface area contributed by atoms with Gasteiger partial charge in [-0.2, -0.15) is 0 Å². The van der Waals surface area contributed by atoms with Gasteiger partial charge in [-0.3, -0.25) is 10.1 Å². The van der Waals surface area contributed by atoms with E-state index in [9.17, 15) is 9.59 Å². The SMILES string of the molecule is COc1ccc(CN2C(=O)CCC23COC(=O)N3)cc1. The van der Waals surface area contributed by atoms with E-state index in [4.69, 9.17) is 9.47 Å². The summed E-state index contributed by atoms with van der Waals surface area (Å²) in [6.07, 6.45) is 0.562. The van der Waals surface area contributed by atoms with Gasteiger partial charge >= 0.3 is 6.09 Å². The number of hydrogen-bond acceptors (Lipinski definition) is 4. The van der Waals surface area contributed by atoms with Crippen LogP contribution in [0, 0.1) is 0 Å². The van der Waals surface area contributed by atoms with Crippen molar-refractivity contribution in [1.82, 2.24) is 10.2 Å². The number of rotatable bonds is 3. The predicted molar refractivity (Wildman–Crippen MR) is 70.0 cm³/mol. The average molecular weight is 276 g/mol. The number of cyclic esters (lactones) is 1. The molecule has 2 aliphatic heterocycles. The van der Waals surface area contributed by atoms with Gasteiger partial charge in [-0.25, -0.2) is 4.79 Å². The van der Waals surface area contributed by atoms with Gasteiger partial charge in [0.05, 0.1) is 7.11 Å². The third kappa shape index (κ3) is 2.07. The molecule has 1 N–H and O–H groups in total. The normalized spacial score (nSPS) is 24.9. The van der Waals surface area contributed by atoms with E-state index in [-0.39, 0.29) is 12.5 Å². The van der Waals surface area contributed by atoms with Crippen molar-refractivity contribution >= 4 is 12.0 Å². The van der Waals surface area contributed by atoms with E-state index in [1.807, 2.05) is 24.3 Å². The maximum Gasteiger partial charge on any atom is 0.409 e. The van der Waals surface area contributed by atoms with Crippen molar-refractivity contribution in [2.75, 3.05) is 13.7 Å². The number of carbonyl (C=O) groups is 2. The van der Waals surface area contributed by atoms with Gasteiger partial charge in [0.1, 0.15) is 12.4 Å². The molecule has 3 rings (SSSR count). The highest BCUT2D eigenvalue weighted by molar-refractivity contribution is 5.82. The molecule has 1 aromatic carbocycles. The Kier molecular flexibility index (Phi) is 3.00. The van der Waals surface area contributed by atoms with Crippen LogP contribution >= 0.6 is 0 Å². The summed E-state index contributed by atoms with van der Waals surface area (Å²) in [7, 11) is 1.61. The molecule has 6 heteroatoms. The first-order valence-electron chi connectivity index (χ1n) is 6.51. The fraction of sp³-hybridized carbons (Fsp3) is 0.429. The highest BCUT2D eigenvalue weighted by Crippen LogP contribution is 2.33. The summed E-state index contributed by atoms with van der Waals surface area (Å²) in [5.74, 6) is 0.806. The smallest absolute Gasteiger partial charge is 0.409 e. The Morgan fingerprint density at radius 1 is 1.35 bits per heavy atom. The minimum absolute atomic E-state index is 0.0339. The Balaban J connectivity index is 1.80. The molecule has 2 aliphatic rings. The summed E-state index contributed by atoms with van der Waals surface area (Å²) in [5, 5.41) is 2.77. The molecular weight excluding hydrogens is 260 g/mol. The van der Waals surface area contributed by atoms with Crippen LogP contribution in [0.5, 0.6) is 5.75 Å². The van der Waals surface area contributed by atoms with Crippen molar-refractivity contribution in [2.24, 2.45) is 0 Å². The molecule has 1 spiro atoms. The van der Waals surface area contributed by atoms with Crippen molar-refractivity contribution in [3.05, 3.63) is 29.8 Å². The number of carbonyl (C=O) groups excluding carboxylic acids is 2. The fourth-order valence-corrected chi connectivity index (χ4v) is 2.70. The molecule has 0 saturated carbocycles. The second-order valence-corrected chi connectivity index (χ2v) is 5.06. The highest BCUT2D eigenvalue weighted by Gasteiger charge is 2.51. The number of ether oxygens (including phenoxy) is 2. The first kappa shape index (κ1) is 12.8. The Morgan fingerprint density at radius 3 is 2.70 bits per heavy atom. The molecule has 2 fully saturated rings. The molecule has 2 saturated heterocycles. The van der Waals surface area contributed by atoms with Crippen molar-refractivity contribution in [3.8, 4) is 5.75 Å². The molecule has 106 valence electrons. The molecule has 2 heterocycles. The van der Waals surface area contributed by atoms with Crippen molar-refractivity contribution in [3.63, 3.8) is 0 Å². The van der Waals surface area contributed by atoms with Gasteiger partial charge in [0.2, 0.25) is 5.91 Å². The molecule has 6 nitrogen and oxygen atoms in total.